The van der Waals surface area contributed by atoms with Gasteiger partial charge in [0, 0.05) is 5.82 Å². The monoisotopic (exact) mass is 882 g/mol. The molecule has 3 aliphatic rings. The first-order valence-electron chi connectivity index (χ1n) is 22.9. The Kier molecular flexibility index (Phi) is 13.9. The molecule has 2 heterocycles. The molecule has 63 heavy (non-hydrogen) atoms. The molecule has 2 atom stereocenters. The fraction of sp³-hybridized carbons (Fsp3) is 0.490. The van der Waals surface area contributed by atoms with E-state index < -0.39 is 80.1 Å². The molecular weight excluding hydrogens is 818 g/mol. The van der Waals surface area contributed by atoms with E-state index in [1.54, 1.807) is 48.5 Å². The summed E-state index contributed by atoms with van der Waals surface area (Å²) >= 11 is 0. The van der Waals surface area contributed by atoms with Gasteiger partial charge in [0.15, 0.2) is 0 Å². The molecule has 3 fully saturated rings. The van der Waals surface area contributed by atoms with Crippen LogP contribution < -0.4 is 0 Å². The van der Waals surface area contributed by atoms with Gasteiger partial charge in [0.1, 0.15) is 34.5 Å². The molecule has 336 valence electrons. The van der Waals surface area contributed by atoms with Crippen molar-refractivity contribution in [3.05, 3.63) is 155 Å². The summed E-state index contributed by atoms with van der Waals surface area (Å²) in [7, 11) is -4.44. The van der Waals surface area contributed by atoms with Crippen molar-refractivity contribution in [1.29, 1.82) is 0 Å². The molecule has 1 aliphatic carbocycles. The Hall–Kier alpha value is -3.51. The summed E-state index contributed by atoms with van der Waals surface area (Å²) < 4.78 is 96.9. The molecule has 4 aromatic rings. The summed E-state index contributed by atoms with van der Waals surface area (Å²) in [5.74, 6) is -0.414. The minimum atomic E-state index is -2.62. The van der Waals surface area contributed by atoms with Crippen molar-refractivity contribution in [2.24, 2.45) is 5.92 Å². The molecule has 5 nitrogen and oxygen atoms in total. The zero-order valence-electron chi connectivity index (χ0n) is 38.6. The average molecular weight is 883 g/mol. The number of hydrogen-bond donors (Lipinski definition) is 0. The molecule has 4 aromatic carbocycles. The molecule has 2 saturated heterocycles. The van der Waals surface area contributed by atoms with Gasteiger partial charge in [0.05, 0.1) is 17.3 Å². The molecule has 7 rings (SSSR count). The van der Waals surface area contributed by atoms with Crippen LogP contribution in [-0.4, -0.2) is 39.9 Å². The lowest BCUT2D eigenvalue weighted by Gasteiger charge is -2.48. The molecule has 12 heteroatoms. The Morgan fingerprint density at radius 1 is 0.540 bits per heavy atom. The van der Waals surface area contributed by atoms with Crippen molar-refractivity contribution in [3.63, 3.8) is 0 Å². The molecular formula is C51H64B2F4O5Si. The third-order valence-electron chi connectivity index (χ3n) is 14.7. The van der Waals surface area contributed by atoms with E-state index in [4.69, 9.17) is 23.0 Å². The van der Waals surface area contributed by atoms with Crippen LogP contribution in [0.4, 0.5) is 17.6 Å². The predicted octanol–water partition coefficient (Wildman–Crippen LogP) is 13.7. The predicted molar refractivity (Wildman–Crippen MR) is 247 cm³/mol. The fourth-order valence-electron chi connectivity index (χ4n) is 11.0. The van der Waals surface area contributed by atoms with Crippen molar-refractivity contribution in [3.8, 4) is 0 Å². The summed E-state index contributed by atoms with van der Waals surface area (Å²) in [6.45, 7) is 21.8. The van der Waals surface area contributed by atoms with Gasteiger partial charge in [-0.15, -0.1) is 0 Å². The van der Waals surface area contributed by atoms with Crippen LogP contribution in [-0.2, 0) is 34.2 Å². The van der Waals surface area contributed by atoms with Gasteiger partial charge in [-0.25, -0.2) is 17.6 Å². The molecule has 0 radical (unpaired) electrons. The number of rotatable bonds is 14. The van der Waals surface area contributed by atoms with Crippen LogP contribution in [0.1, 0.15) is 124 Å². The standard InChI is InChI=1S/C51H64B2F4O5Si/c1-34(2)63(35(3)4,36(5)6)58-47(37-14-12-11-13-15-37)46(32-33-52-59-48(7,8)49(9,10)60-52)53-61-50(38-16-24-42(54)25-17-38,39-18-26-43(55)27-19-39)51(62-53,40-20-28-44(56)29-21-40)41-22-30-45(57)31-23-41/h16-37,46-47H,11-15H2,1-10H3/b33-32+/t46-,47+/m1/s1. The number of halogens is 4. The van der Waals surface area contributed by atoms with Crippen LogP contribution in [0.3, 0.4) is 0 Å². The Bertz CT molecular complexity index is 1940. The Labute approximate surface area is 374 Å². The number of benzene rings is 4. The summed E-state index contributed by atoms with van der Waals surface area (Å²) in [6.07, 6.45) is 6.79. The SMILES string of the molecule is CC(C)[Si](O[C@@H](C1CCCCC1)[C@@H](/C=C/B1OC(C)(C)C(C)(C)O1)B1OC(c2ccc(F)cc2)(c2ccc(F)cc2)C(c2ccc(F)cc2)(c2ccc(F)cc2)O1)(C(C)C)C(C)C. The van der Waals surface area contributed by atoms with Crippen LogP contribution in [0.15, 0.2) is 109 Å². The van der Waals surface area contributed by atoms with Crippen LogP contribution in [0.2, 0.25) is 22.4 Å². The number of hydrogen-bond acceptors (Lipinski definition) is 5. The maximum Gasteiger partial charge on any atom is 0.486 e. The van der Waals surface area contributed by atoms with Gasteiger partial charge >= 0.3 is 14.2 Å². The van der Waals surface area contributed by atoms with Crippen LogP contribution in [0, 0.1) is 29.2 Å². The second-order valence-electron chi connectivity index (χ2n) is 19.9. The molecule has 2 aliphatic heterocycles. The lowest BCUT2D eigenvalue weighted by Crippen LogP contribution is -2.54. The third kappa shape index (κ3) is 8.70. The van der Waals surface area contributed by atoms with E-state index in [9.17, 15) is 0 Å². The van der Waals surface area contributed by atoms with E-state index in [-0.39, 0.29) is 22.5 Å². The van der Waals surface area contributed by atoms with Crippen LogP contribution in [0.5, 0.6) is 0 Å². The van der Waals surface area contributed by atoms with Gasteiger partial charge in [0.25, 0.3) is 0 Å². The highest BCUT2D eigenvalue weighted by atomic mass is 28.4. The minimum Gasteiger partial charge on any atom is -0.413 e. The van der Waals surface area contributed by atoms with Gasteiger partial charge in [-0.3, -0.25) is 0 Å². The molecule has 0 unspecified atom stereocenters. The van der Waals surface area contributed by atoms with E-state index in [1.165, 1.54) is 48.5 Å². The molecule has 0 N–H and O–H groups in total. The second-order valence-corrected chi connectivity index (χ2v) is 25.3. The molecule has 1 saturated carbocycles. The van der Waals surface area contributed by atoms with Crippen molar-refractivity contribution >= 4 is 22.6 Å². The minimum absolute atomic E-state index is 0.125. The highest BCUT2D eigenvalue weighted by Crippen LogP contribution is 2.61. The summed E-state index contributed by atoms with van der Waals surface area (Å²) in [5.41, 5.74) is -1.87. The van der Waals surface area contributed by atoms with E-state index in [0.29, 0.717) is 22.3 Å². The van der Waals surface area contributed by atoms with Crippen molar-refractivity contribution in [2.75, 3.05) is 0 Å². The zero-order valence-corrected chi connectivity index (χ0v) is 39.6. The normalized spacial score (nSPS) is 21.0. The Morgan fingerprint density at radius 3 is 1.19 bits per heavy atom. The summed E-state index contributed by atoms with van der Waals surface area (Å²) in [4.78, 5) is 0. The first-order valence-corrected chi connectivity index (χ1v) is 25.0. The summed E-state index contributed by atoms with van der Waals surface area (Å²) in [6, 6.07) is 24.0. The Morgan fingerprint density at radius 2 is 0.873 bits per heavy atom. The zero-order chi connectivity index (χ0) is 45.5. The Balaban J connectivity index is 1.55. The summed E-state index contributed by atoms with van der Waals surface area (Å²) in [5, 5.41) is 0. The van der Waals surface area contributed by atoms with Crippen molar-refractivity contribution in [1.82, 2.24) is 0 Å². The quantitative estimate of drug-likeness (QED) is 0.0933. The highest BCUT2D eigenvalue weighted by Gasteiger charge is 2.68. The average Bonchev–Trinajstić information content (AvgIpc) is 3.70. The first kappa shape index (κ1) is 47.4. The lowest BCUT2D eigenvalue weighted by molar-refractivity contribution is 0.00351. The van der Waals surface area contributed by atoms with Gasteiger partial charge in [-0.1, -0.05) is 121 Å². The van der Waals surface area contributed by atoms with E-state index in [2.05, 4.69) is 47.6 Å². The lowest BCUT2D eigenvalue weighted by atomic mass is 9.63. The third-order valence-corrected chi connectivity index (χ3v) is 20.8. The topological polar surface area (TPSA) is 46.2 Å². The maximum absolute atomic E-state index is 15.1. The molecule has 0 spiro atoms. The first-order chi connectivity index (χ1) is 29.8. The highest BCUT2D eigenvalue weighted by molar-refractivity contribution is 6.77. The van der Waals surface area contributed by atoms with Gasteiger partial charge < -0.3 is 23.0 Å². The fourth-order valence-corrected chi connectivity index (χ4v) is 16.6. The maximum atomic E-state index is 15.1. The van der Waals surface area contributed by atoms with Gasteiger partial charge in [-0.2, -0.15) is 0 Å². The van der Waals surface area contributed by atoms with Gasteiger partial charge in [0.2, 0.25) is 8.32 Å². The van der Waals surface area contributed by atoms with Gasteiger partial charge in [-0.05, 0) is 134 Å². The second kappa shape index (κ2) is 18.4. The van der Waals surface area contributed by atoms with E-state index >= 15 is 17.6 Å². The van der Waals surface area contributed by atoms with Crippen LogP contribution >= 0.6 is 0 Å². The van der Waals surface area contributed by atoms with Crippen molar-refractivity contribution in [2.45, 2.75) is 152 Å². The largest absolute Gasteiger partial charge is 0.486 e. The van der Waals surface area contributed by atoms with Crippen molar-refractivity contribution < 1.29 is 40.6 Å². The van der Waals surface area contributed by atoms with E-state index in [0.717, 1.165) is 32.1 Å². The molecule has 0 amide bonds. The van der Waals surface area contributed by atoms with Crippen LogP contribution in [0.25, 0.3) is 0 Å². The smallest absolute Gasteiger partial charge is 0.413 e. The molecule has 0 aromatic heterocycles. The molecule has 0 bridgehead atoms. The van der Waals surface area contributed by atoms with E-state index in [1.807, 2.05) is 33.7 Å².